The lowest BCUT2D eigenvalue weighted by Crippen LogP contribution is -2.15. The molecule has 2 aromatic rings. The van der Waals surface area contributed by atoms with E-state index in [9.17, 15) is 9.90 Å². The van der Waals surface area contributed by atoms with Gasteiger partial charge in [-0.05, 0) is 36.6 Å². The van der Waals surface area contributed by atoms with Crippen LogP contribution >= 0.6 is 0 Å². The lowest BCUT2D eigenvalue weighted by atomic mass is 9.85. The van der Waals surface area contributed by atoms with E-state index >= 15 is 0 Å². The Labute approximate surface area is 116 Å². The normalized spacial score (nSPS) is 15.9. The van der Waals surface area contributed by atoms with Crippen molar-refractivity contribution in [3.8, 4) is 22.6 Å². The fraction of sp³-hybridized carbons (Fsp3) is 0.235. The Kier molecular flexibility index (Phi) is 2.36. The topological polar surface area (TPSA) is 46.5 Å². The van der Waals surface area contributed by atoms with Gasteiger partial charge in [-0.15, -0.1) is 0 Å². The summed E-state index contributed by atoms with van der Waals surface area (Å²) < 4.78 is 5.89. The van der Waals surface area contributed by atoms with Crippen molar-refractivity contribution in [2.24, 2.45) is 0 Å². The van der Waals surface area contributed by atoms with Gasteiger partial charge in [-0.25, -0.2) is 0 Å². The third kappa shape index (κ3) is 1.56. The van der Waals surface area contributed by atoms with Gasteiger partial charge in [0.25, 0.3) is 0 Å². The SMILES string of the molecule is O=C1CCCc2c1ccc1c2OCc2cc(O)ccc2-1. The smallest absolute Gasteiger partial charge is 0.163 e. The summed E-state index contributed by atoms with van der Waals surface area (Å²) in [6.45, 7) is 0.446. The fourth-order valence-corrected chi connectivity index (χ4v) is 3.19. The molecule has 1 heterocycles. The summed E-state index contributed by atoms with van der Waals surface area (Å²) in [5, 5.41) is 9.56. The summed E-state index contributed by atoms with van der Waals surface area (Å²) in [5.74, 6) is 1.33. The van der Waals surface area contributed by atoms with Gasteiger partial charge < -0.3 is 9.84 Å². The van der Waals surface area contributed by atoms with E-state index in [1.165, 1.54) is 0 Å². The number of rotatable bonds is 0. The summed E-state index contributed by atoms with van der Waals surface area (Å²) in [6, 6.07) is 9.23. The zero-order valence-corrected chi connectivity index (χ0v) is 11.0. The highest BCUT2D eigenvalue weighted by Crippen LogP contribution is 2.43. The van der Waals surface area contributed by atoms with Crippen LogP contribution in [0.25, 0.3) is 11.1 Å². The first-order valence-corrected chi connectivity index (χ1v) is 6.88. The molecule has 0 spiro atoms. The first kappa shape index (κ1) is 11.5. The maximum absolute atomic E-state index is 12.0. The number of aromatic hydroxyl groups is 1. The average molecular weight is 266 g/mol. The van der Waals surface area contributed by atoms with Crippen LogP contribution in [0.2, 0.25) is 0 Å². The number of hydrogen-bond acceptors (Lipinski definition) is 3. The molecule has 0 atom stereocenters. The Balaban J connectivity index is 1.95. The Morgan fingerprint density at radius 1 is 1.00 bits per heavy atom. The molecule has 1 aliphatic carbocycles. The van der Waals surface area contributed by atoms with Crippen molar-refractivity contribution in [3.63, 3.8) is 0 Å². The minimum absolute atomic E-state index is 0.217. The number of benzene rings is 2. The van der Waals surface area contributed by atoms with Crippen LogP contribution in [0.4, 0.5) is 0 Å². The Bertz CT molecular complexity index is 731. The number of phenolic OH excluding ortho intramolecular Hbond substituents is 1. The van der Waals surface area contributed by atoms with Crippen LogP contribution in [-0.2, 0) is 13.0 Å². The molecule has 1 aliphatic heterocycles. The largest absolute Gasteiger partial charge is 0.508 e. The third-order valence-electron chi connectivity index (χ3n) is 4.14. The molecule has 0 fully saturated rings. The van der Waals surface area contributed by atoms with Gasteiger partial charge in [-0.3, -0.25) is 4.79 Å². The lowest BCUT2D eigenvalue weighted by molar-refractivity contribution is 0.0971. The zero-order valence-electron chi connectivity index (χ0n) is 11.0. The second-order valence-corrected chi connectivity index (χ2v) is 5.38. The minimum atomic E-state index is 0.217. The molecule has 3 heteroatoms. The molecule has 0 radical (unpaired) electrons. The van der Waals surface area contributed by atoms with Crippen molar-refractivity contribution in [2.75, 3.05) is 0 Å². The molecule has 0 saturated heterocycles. The maximum atomic E-state index is 12.0. The average Bonchev–Trinajstić information content (AvgIpc) is 2.46. The van der Waals surface area contributed by atoms with Crippen molar-refractivity contribution >= 4 is 5.78 Å². The summed E-state index contributed by atoms with van der Waals surface area (Å²) >= 11 is 0. The molecule has 0 bridgehead atoms. The van der Waals surface area contributed by atoms with E-state index in [0.717, 1.165) is 46.4 Å². The van der Waals surface area contributed by atoms with E-state index in [4.69, 9.17) is 4.74 Å². The quantitative estimate of drug-likeness (QED) is 0.794. The highest BCUT2D eigenvalue weighted by atomic mass is 16.5. The van der Waals surface area contributed by atoms with E-state index in [1.54, 1.807) is 12.1 Å². The van der Waals surface area contributed by atoms with Crippen LogP contribution in [0.3, 0.4) is 0 Å². The number of fused-ring (bicyclic) bond motifs is 5. The van der Waals surface area contributed by atoms with Crippen molar-refractivity contribution < 1.29 is 14.6 Å². The Hall–Kier alpha value is -2.29. The molecule has 0 amide bonds. The van der Waals surface area contributed by atoms with Gasteiger partial charge in [0.15, 0.2) is 5.78 Å². The van der Waals surface area contributed by atoms with Gasteiger partial charge in [-0.1, -0.05) is 12.1 Å². The predicted octanol–water partition coefficient (Wildman–Crippen LogP) is 3.47. The van der Waals surface area contributed by atoms with Crippen molar-refractivity contribution in [3.05, 3.63) is 47.0 Å². The number of phenols is 1. The zero-order chi connectivity index (χ0) is 13.7. The molecule has 0 saturated carbocycles. The van der Waals surface area contributed by atoms with Crippen LogP contribution in [0.1, 0.15) is 34.3 Å². The van der Waals surface area contributed by atoms with E-state index < -0.39 is 0 Å². The molecule has 100 valence electrons. The molecule has 0 unspecified atom stereocenters. The van der Waals surface area contributed by atoms with Crippen LogP contribution in [0.15, 0.2) is 30.3 Å². The second kappa shape index (κ2) is 4.10. The number of Topliss-reactive ketones (excluding diaryl/α,β-unsaturated/α-hetero) is 1. The van der Waals surface area contributed by atoms with Gasteiger partial charge in [0, 0.05) is 28.7 Å². The molecule has 0 aromatic heterocycles. The van der Waals surface area contributed by atoms with Gasteiger partial charge in [0.2, 0.25) is 0 Å². The molecule has 2 aromatic carbocycles. The number of ether oxygens (including phenoxy) is 1. The predicted molar refractivity (Wildman–Crippen MR) is 75.1 cm³/mol. The van der Waals surface area contributed by atoms with Gasteiger partial charge >= 0.3 is 0 Å². The van der Waals surface area contributed by atoms with Crippen LogP contribution in [-0.4, -0.2) is 10.9 Å². The molecule has 4 rings (SSSR count). The van der Waals surface area contributed by atoms with E-state index in [2.05, 4.69) is 0 Å². The molecular weight excluding hydrogens is 252 g/mol. The molecular formula is C17H14O3. The lowest BCUT2D eigenvalue weighted by Gasteiger charge is -2.26. The van der Waals surface area contributed by atoms with Crippen molar-refractivity contribution in [2.45, 2.75) is 25.9 Å². The highest BCUT2D eigenvalue weighted by Gasteiger charge is 2.26. The van der Waals surface area contributed by atoms with Crippen LogP contribution in [0, 0.1) is 0 Å². The second-order valence-electron chi connectivity index (χ2n) is 5.38. The summed E-state index contributed by atoms with van der Waals surface area (Å²) in [5.41, 5.74) is 4.97. The molecule has 2 aliphatic rings. The minimum Gasteiger partial charge on any atom is -0.508 e. The van der Waals surface area contributed by atoms with E-state index in [-0.39, 0.29) is 11.5 Å². The first-order chi connectivity index (χ1) is 9.74. The Morgan fingerprint density at radius 3 is 2.70 bits per heavy atom. The molecule has 3 nitrogen and oxygen atoms in total. The number of hydrogen-bond donors (Lipinski definition) is 1. The van der Waals surface area contributed by atoms with E-state index in [1.807, 2.05) is 18.2 Å². The van der Waals surface area contributed by atoms with Crippen molar-refractivity contribution in [1.29, 1.82) is 0 Å². The van der Waals surface area contributed by atoms with E-state index in [0.29, 0.717) is 13.0 Å². The molecule has 1 N–H and O–H groups in total. The van der Waals surface area contributed by atoms with Crippen LogP contribution < -0.4 is 4.74 Å². The van der Waals surface area contributed by atoms with Crippen molar-refractivity contribution in [1.82, 2.24) is 0 Å². The monoisotopic (exact) mass is 266 g/mol. The van der Waals surface area contributed by atoms with Gasteiger partial charge in [-0.2, -0.15) is 0 Å². The Morgan fingerprint density at radius 2 is 1.80 bits per heavy atom. The summed E-state index contributed by atoms with van der Waals surface area (Å²) in [6.07, 6.45) is 2.43. The van der Waals surface area contributed by atoms with Gasteiger partial charge in [0.1, 0.15) is 18.1 Å². The number of carbonyl (C=O) groups is 1. The van der Waals surface area contributed by atoms with Gasteiger partial charge in [0.05, 0.1) is 0 Å². The first-order valence-electron chi connectivity index (χ1n) is 6.88. The third-order valence-corrected chi connectivity index (χ3v) is 4.14. The summed E-state index contributed by atoms with van der Waals surface area (Å²) in [7, 11) is 0. The summed E-state index contributed by atoms with van der Waals surface area (Å²) in [4.78, 5) is 12.0. The highest BCUT2D eigenvalue weighted by molar-refractivity contribution is 6.00. The standard InChI is InChI=1S/C17H14O3/c18-11-4-5-12-10(8-11)9-20-17-14-2-1-3-16(19)13(14)6-7-15(12)17/h4-8,18H,1-3,9H2. The van der Waals surface area contributed by atoms with Crippen LogP contribution in [0.5, 0.6) is 11.5 Å². The molecule has 20 heavy (non-hydrogen) atoms. The number of carbonyl (C=O) groups excluding carboxylic acids is 1. The maximum Gasteiger partial charge on any atom is 0.163 e. The number of ketones is 1. The fourth-order valence-electron chi connectivity index (χ4n) is 3.19.